The molecule has 0 aromatic carbocycles. The number of rotatable bonds is 4. The molecule has 1 aliphatic rings. The van der Waals surface area contributed by atoms with Crippen molar-refractivity contribution in [2.75, 3.05) is 10.6 Å². The molecule has 0 bridgehead atoms. The lowest BCUT2D eigenvalue weighted by Crippen LogP contribution is -2.20. The van der Waals surface area contributed by atoms with Crippen molar-refractivity contribution in [3.8, 4) is 11.1 Å². The molecule has 0 aliphatic heterocycles. The van der Waals surface area contributed by atoms with E-state index in [0.29, 0.717) is 23.5 Å². The summed E-state index contributed by atoms with van der Waals surface area (Å²) < 4.78 is 1.74. The van der Waals surface area contributed by atoms with Crippen LogP contribution in [0.5, 0.6) is 0 Å². The van der Waals surface area contributed by atoms with Crippen LogP contribution in [-0.4, -0.2) is 31.0 Å². The zero-order valence-electron chi connectivity index (χ0n) is 14.9. The molecule has 8 heteroatoms. The second kappa shape index (κ2) is 6.29. The summed E-state index contributed by atoms with van der Waals surface area (Å²) in [6.07, 6.45) is 4.89. The number of carbonyl (C=O) groups excluding carboxylic acids is 1. The number of pyridine rings is 1. The quantitative estimate of drug-likeness (QED) is 0.671. The number of aromatic amines is 1. The van der Waals surface area contributed by atoms with Gasteiger partial charge in [-0.25, -0.2) is 9.78 Å². The van der Waals surface area contributed by atoms with E-state index >= 15 is 0 Å². The standard InChI is InChI=1S/C18H21N7O/c1-10-6-14(10)15-7-17(24-23-15)22-18(26)21-16-5-4-13(11(2)20-16)12-8-19-25(3)9-12/h4-5,7-10,14H,6H2,1-3H3,(H3,20,21,22,23,24,26). The average Bonchev–Trinajstić information content (AvgIpc) is 2.96. The number of hydrogen-bond acceptors (Lipinski definition) is 4. The number of nitrogens with zero attached hydrogens (tertiary/aromatic N) is 4. The minimum absolute atomic E-state index is 0.368. The Bertz CT molecular complexity index is 958. The number of carbonyl (C=O) groups is 1. The van der Waals surface area contributed by atoms with Crippen LogP contribution in [0, 0.1) is 12.8 Å². The summed E-state index contributed by atoms with van der Waals surface area (Å²) in [5.41, 5.74) is 3.87. The van der Waals surface area contributed by atoms with Gasteiger partial charge in [0.1, 0.15) is 5.82 Å². The van der Waals surface area contributed by atoms with Crippen molar-refractivity contribution < 1.29 is 4.79 Å². The summed E-state index contributed by atoms with van der Waals surface area (Å²) in [5, 5.41) is 16.8. The second-order valence-corrected chi connectivity index (χ2v) is 6.84. The largest absolute Gasteiger partial charge is 0.326 e. The molecule has 2 unspecified atom stereocenters. The number of hydrogen-bond donors (Lipinski definition) is 3. The van der Waals surface area contributed by atoms with Crippen LogP contribution in [0.4, 0.5) is 16.4 Å². The summed E-state index contributed by atoms with van der Waals surface area (Å²) in [4.78, 5) is 16.6. The Morgan fingerprint density at radius 2 is 2.08 bits per heavy atom. The van der Waals surface area contributed by atoms with Gasteiger partial charge < -0.3 is 0 Å². The molecule has 134 valence electrons. The van der Waals surface area contributed by atoms with Crippen molar-refractivity contribution in [1.82, 2.24) is 25.0 Å². The Labute approximate surface area is 151 Å². The number of urea groups is 1. The van der Waals surface area contributed by atoms with Gasteiger partial charge in [-0.05, 0) is 31.4 Å². The summed E-state index contributed by atoms with van der Waals surface area (Å²) in [7, 11) is 1.87. The maximum absolute atomic E-state index is 12.2. The number of amides is 2. The fourth-order valence-corrected chi connectivity index (χ4v) is 3.11. The predicted molar refractivity (Wildman–Crippen MR) is 98.9 cm³/mol. The van der Waals surface area contributed by atoms with Crippen molar-refractivity contribution in [1.29, 1.82) is 0 Å². The molecule has 8 nitrogen and oxygen atoms in total. The number of aryl methyl sites for hydroxylation is 2. The summed E-state index contributed by atoms with van der Waals surface area (Å²) in [5.74, 6) is 2.22. The van der Waals surface area contributed by atoms with Crippen LogP contribution in [0.15, 0.2) is 30.6 Å². The molecule has 4 rings (SSSR count). The van der Waals surface area contributed by atoms with Gasteiger partial charge in [0, 0.05) is 47.7 Å². The van der Waals surface area contributed by atoms with Gasteiger partial charge in [0.05, 0.1) is 6.20 Å². The fraction of sp³-hybridized carbons (Fsp3) is 0.333. The third-order valence-corrected chi connectivity index (χ3v) is 4.69. The number of anilines is 2. The Hall–Kier alpha value is -3.16. The maximum atomic E-state index is 12.2. The minimum Gasteiger partial charge on any atom is -0.292 e. The maximum Gasteiger partial charge on any atom is 0.326 e. The molecule has 3 heterocycles. The van der Waals surface area contributed by atoms with E-state index in [1.165, 1.54) is 6.42 Å². The van der Waals surface area contributed by atoms with Gasteiger partial charge in [-0.1, -0.05) is 6.92 Å². The van der Waals surface area contributed by atoms with Crippen LogP contribution < -0.4 is 10.6 Å². The van der Waals surface area contributed by atoms with Gasteiger partial charge >= 0.3 is 6.03 Å². The number of H-pyrrole nitrogens is 1. The second-order valence-electron chi connectivity index (χ2n) is 6.84. The Morgan fingerprint density at radius 1 is 1.31 bits per heavy atom. The summed E-state index contributed by atoms with van der Waals surface area (Å²) in [6.45, 7) is 4.11. The predicted octanol–water partition coefficient (Wildman–Crippen LogP) is 3.28. The van der Waals surface area contributed by atoms with Crippen LogP contribution in [0.3, 0.4) is 0 Å². The lowest BCUT2D eigenvalue weighted by atomic mass is 10.1. The van der Waals surface area contributed by atoms with E-state index in [1.54, 1.807) is 16.9 Å². The van der Waals surface area contributed by atoms with E-state index in [2.05, 4.69) is 37.8 Å². The van der Waals surface area contributed by atoms with E-state index in [0.717, 1.165) is 22.5 Å². The Kier molecular flexibility index (Phi) is 3.95. The molecule has 3 aromatic rings. The van der Waals surface area contributed by atoms with Crippen molar-refractivity contribution in [2.45, 2.75) is 26.2 Å². The SMILES string of the molecule is Cc1nc(NC(=O)Nc2cc(C3CC3C)[nH]n2)ccc1-c1cnn(C)c1. The highest BCUT2D eigenvalue weighted by atomic mass is 16.2. The number of nitrogens with one attached hydrogen (secondary N) is 3. The van der Waals surface area contributed by atoms with Crippen molar-refractivity contribution in [3.63, 3.8) is 0 Å². The van der Waals surface area contributed by atoms with Crippen LogP contribution in [0.1, 0.15) is 30.7 Å². The van der Waals surface area contributed by atoms with Crippen LogP contribution in [0.25, 0.3) is 11.1 Å². The van der Waals surface area contributed by atoms with E-state index in [1.807, 2.05) is 32.3 Å². The highest BCUT2D eigenvalue weighted by Gasteiger charge is 2.35. The molecular weight excluding hydrogens is 330 g/mol. The van der Waals surface area contributed by atoms with Gasteiger partial charge in [0.15, 0.2) is 5.82 Å². The molecule has 0 spiro atoms. The van der Waals surface area contributed by atoms with Gasteiger partial charge in [0.2, 0.25) is 0 Å². The lowest BCUT2D eigenvalue weighted by Gasteiger charge is -2.08. The fourth-order valence-electron chi connectivity index (χ4n) is 3.11. The van der Waals surface area contributed by atoms with E-state index < -0.39 is 0 Å². The highest BCUT2D eigenvalue weighted by molar-refractivity contribution is 5.98. The van der Waals surface area contributed by atoms with E-state index in [9.17, 15) is 4.79 Å². The van der Waals surface area contributed by atoms with E-state index in [4.69, 9.17) is 0 Å². The van der Waals surface area contributed by atoms with Gasteiger partial charge in [-0.3, -0.25) is 20.4 Å². The first kappa shape index (κ1) is 16.3. The molecule has 3 N–H and O–H groups in total. The Balaban J connectivity index is 1.41. The third kappa shape index (κ3) is 3.30. The monoisotopic (exact) mass is 351 g/mol. The highest BCUT2D eigenvalue weighted by Crippen LogP contribution is 2.46. The molecule has 0 saturated heterocycles. The average molecular weight is 351 g/mol. The first-order chi connectivity index (χ1) is 12.5. The zero-order valence-corrected chi connectivity index (χ0v) is 14.9. The third-order valence-electron chi connectivity index (χ3n) is 4.69. The van der Waals surface area contributed by atoms with Crippen LogP contribution in [0.2, 0.25) is 0 Å². The Morgan fingerprint density at radius 3 is 2.73 bits per heavy atom. The molecular formula is C18H21N7O. The van der Waals surface area contributed by atoms with Gasteiger partial charge in [-0.2, -0.15) is 10.2 Å². The van der Waals surface area contributed by atoms with Gasteiger partial charge in [0.25, 0.3) is 0 Å². The molecule has 1 saturated carbocycles. The van der Waals surface area contributed by atoms with Crippen molar-refractivity contribution >= 4 is 17.7 Å². The van der Waals surface area contributed by atoms with Crippen molar-refractivity contribution in [3.05, 3.63) is 42.0 Å². The first-order valence-corrected chi connectivity index (χ1v) is 8.59. The smallest absolute Gasteiger partial charge is 0.292 e. The summed E-state index contributed by atoms with van der Waals surface area (Å²) in [6, 6.07) is 5.22. The van der Waals surface area contributed by atoms with Crippen LogP contribution in [-0.2, 0) is 7.05 Å². The molecule has 2 atom stereocenters. The first-order valence-electron chi connectivity index (χ1n) is 8.59. The minimum atomic E-state index is -0.368. The van der Waals surface area contributed by atoms with Crippen molar-refractivity contribution in [2.24, 2.45) is 13.0 Å². The molecule has 2 amide bonds. The van der Waals surface area contributed by atoms with Crippen LogP contribution >= 0.6 is 0 Å². The molecule has 3 aromatic heterocycles. The molecule has 0 radical (unpaired) electrons. The van der Waals surface area contributed by atoms with E-state index in [-0.39, 0.29) is 6.03 Å². The molecule has 26 heavy (non-hydrogen) atoms. The normalized spacial score (nSPS) is 18.6. The molecule has 1 fully saturated rings. The zero-order chi connectivity index (χ0) is 18.3. The summed E-state index contributed by atoms with van der Waals surface area (Å²) >= 11 is 0. The number of aromatic nitrogens is 5. The topological polar surface area (TPSA) is 101 Å². The molecule has 1 aliphatic carbocycles. The van der Waals surface area contributed by atoms with Gasteiger partial charge in [-0.15, -0.1) is 0 Å². The lowest BCUT2D eigenvalue weighted by molar-refractivity contribution is 0.262.